The normalized spacial score (nSPS) is 16.9. The van der Waals surface area contributed by atoms with Gasteiger partial charge in [-0.25, -0.2) is 0 Å². The first-order valence-corrected chi connectivity index (χ1v) is 4.46. The zero-order chi connectivity index (χ0) is 8.85. The van der Waals surface area contributed by atoms with Crippen molar-refractivity contribution in [3.8, 4) is 0 Å². The smallest absolute Gasteiger partial charge is 0.0577 e. The van der Waals surface area contributed by atoms with Gasteiger partial charge < -0.3 is 10.8 Å². The maximum atomic E-state index is 9.49. The van der Waals surface area contributed by atoms with Crippen molar-refractivity contribution in [3.05, 3.63) is 0 Å². The van der Waals surface area contributed by atoms with E-state index < -0.39 is 0 Å². The topological polar surface area (TPSA) is 46.2 Å². The molecule has 68 valence electrons. The summed E-state index contributed by atoms with van der Waals surface area (Å²) in [5.74, 6) is 0.920. The lowest BCUT2D eigenvalue weighted by Gasteiger charge is -2.17. The fourth-order valence-corrected chi connectivity index (χ4v) is 0.946. The molecule has 0 fully saturated rings. The Bertz CT molecular complexity index is 93.6. The molecule has 0 amide bonds. The highest BCUT2D eigenvalue weighted by molar-refractivity contribution is 4.65. The van der Waals surface area contributed by atoms with Crippen LogP contribution in [-0.4, -0.2) is 17.8 Å². The van der Waals surface area contributed by atoms with Gasteiger partial charge in [-0.15, -0.1) is 0 Å². The Labute approximate surface area is 69.8 Å². The Morgan fingerprint density at radius 2 is 1.73 bits per heavy atom. The van der Waals surface area contributed by atoms with Crippen LogP contribution >= 0.6 is 0 Å². The van der Waals surface area contributed by atoms with Gasteiger partial charge in [0.05, 0.1) is 6.10 Å². The second-order valence-corrected chi connectivity index (χ2v) is 3.75. The van der Waals surface area contributed by atoms with Crippen molar-refractivity contribution in [1.29, 1.82) is 0 Å². The summed E-state index contributed by atoms with van der Waals surface area (Å²) in [5, 5.41) is 9.49. The average molecular weight is 159 g/mol. The third kappa shape index (κ3) is 5.22. The molecule has 2 atom stereocenters. The van der Waals surface area contributed by atoms with E-state index in [1.165, 1.54) is 0 Å². The zero-order valence-corrected chi connectivity index (χ0v) is 7.88. The fraction of sp³-hybridized carbons (Fsp3) is 1.00. The van der Waals surface area contributed by atoms with Crippen LogP contribution in [0.25, 0.3) is 0 Å². The van der Waals surface area contributed by atoms with Crippen molar-refractivity contribution in [2.75, 3.05) is 6.54 Å². The molecule has 0 heterocycles. The Hall–Kier alpha value is -0.0800. The van der Waals surface area contributed by atoms with Gasteiger partial charge in [0.2, 0.25) is 0 Å². The van der Waals surface area contributed by atoms with Gasteiger partial charge in [0.15, 0.2) is 0 Å². The number of nitrogens with two attached hydrogens (primary N) is 1. The predicted octanol–water partition coefficient (Wildman–Crippen LogP) is 1.38. The van der Waals surface area contributed by atoms with Crippen molar-refractivity contribution < 1.29 is 5.11 Å². The molecule has 2 unspecified atom stereocenters. The molecule has 0 aliphatic heterocycles. The van der Waals surface area contributed by atoms with Crippen LogP contribution in [0.15, 0.2) is 0 Å². The number of hydrogen-bond acceptors (Lipinski definition) is 2. The molecule has 2 heteroatoms. The minimum Gasteiger partial charge on any atom is -0.393 e. The van der Waals surface area contributed by atoms with Crippen molar-refractivity contribution in [1.82, 2.24) is 0 Å². The van der Waals surface area contributed by atoms with Crippen molar-refractivity contribution in [2.45, 2.75) is 39.7 Å². The third-order valence-corrected chi connectivity index (χ3v) is 2.07. The lowest BCUT2D eigenvalue weighted by atomic mass is 9.97. The highest BCUT2D eigenvalue weighted by Gasteiger charge is 2.12. The number of aliphatic hydroxyl groups excluding tert-OH is 1. The first kappa shape index (κ1) is 10.9. The number of aliphatic hydroxyl groups is 1. The summed E-state index contributed by atoms with van der Waals surface area (Å²) in [4.78, 5) is 0. The standard InChI is InChI=1S/C9H21NO/c1-7(2)4-5-9(11)8(3)6-10/h7-9,11H,4-6,10H2,1-3H3. The number of hydrogen-bond donors (Lipinski definition) is 2. The summed E-state index contributed by atoms with van der Waals surface area (Å²) in [5.41, 5.74) is 5.42. The minimum atomic E-state index is -0.206. The van der Waals surface area contributed by atoms with E-state index in [9.17, 15) is 5.11 Å². The summed E-state index contributed by atoms with van der Waals surface area (Å²) in [6.45, 7) is 6.91. The Morgan fingerprint density at radius 1 is 1.18 bits per heavy atom. The van der Waals surface area contributed by atoms with Gasteiger partial charge in [-0.2, -0.15) is 0 Å². The second-order valence-electron chi connectivity index (χ2n) is 3.75. The molecule has 0 aliphatic carbocycles. The largest absolute Gasteiger partial charge is 0.393 e. The molecule has 0 aromatic carbocycles. The van der Waals surface area contributed by atoms with Crippen LogP contribution in [0.3, 0.4) is 0 Å². The van der Waals surface area contributed by atoms with Crippen LogP contribution in [0.5, 0.6) is 0 Å². The van der Waals surface area contributed by atoms with E-state index in [0.717, 1.165) is 12.8 Å². The molecule has 0 aromatic rings. The van der Waals surface area contributed by atoms with Crippen LogP contribution in [0, 0.1) is 11.8 Å². The maximum Gasteiger partial charge on any atom is 0.0577 e. The quantitative estimate of drug-likeness (QED) is 0.636. The molecule has 0 aromatic heterocycles. The third-order valence-electron chi connectivity index (χ3n) is 2.07. The van der Waals surface area contributed by atoms with Crippen LogP contribution in [0.1, 0.15) is 33.6 Å². The Kier molecular flexibility index (Phi) is 5.51. The summed E-state index contributed by atoms with van der Waals surface area (Å²) in [6.07, 6.45) is 1.77. The molecular weight excluding hydrogens is 138 g/mol. The lowest BCUT2D eigenvalue weighted by Crippen LogP contribution is -2.25. The van der Waals surface area contributed by atoms with Gasteiger partial charge in [0.25, 0.3) is 0 Å². The number of rotatable bonds is 5. The SMILES string of the molecule is CC(C)CCC(O)C(C)CN. The zero-order valence-electron chi connectivity index (χ0n) is 7.88. The van der Waals surface area contributed by atoms with E-state index in [-0.39, 0.29) is 12.0 Å². The van der Waals surface area contributed by atoms with Crippen LogP contribution in [0.4, 0.5) is 0 Å². The molecule has 0 saturated carbocycles. The van der Waals surface area contributed by atoms with E-state index in [4.69, 9.17) is 5.73 Å². The minimum absolute atomic E-state index is 0.206. The van der Waals surface area contributed by atoms with Crippen molar-refractivity contribution in [3.63, 3.8) is 0 Å². The molecule has 0 rings (SSSR count). The van der Waals surface area contributed by atoms with Gasteiger partial charge in [-0.1, -0.05) is 20.8 Å². The van der Waals surface area contributed by atoms with Crippen molar-refractivity contribution in [2.24, 2.45) is 17.6 Å². The maximum absolute atomic E-state index is 9.49. The average Bonchev–Trinajstić information content (AvgIpc) is 1.98. The van der Waals surface area contributed by atoms with Crippen LogP contribution in [-0.2, 0) is 0 Å². The summed E-state index contributed by atoms with van der Waals surface area (Å²) < 4.78 is 0. The van der Waals surface area contributed by atoms with Gasteiger partial charge in [0.1, 0.15) is 0 Å². The predicted molar refractivity (Wildman–Crippen MR) is 48.3 cm³/mol. The molecule has 0 spiro atoms. The molecule has 0 bridgehead atoms. The van der Waals surface area contributed by atoms with E-state index in [1.54, 1.807) is 0 Å². The first-order valence-electron chi connectivity index (χ1n) is 4.46. The molecule has 2 nitrogen and oxygen atoms in total. The van der Waals surface area contributed by atoms with Crippen molar-refractivity contribution >= 4 is 0 Å². The van der Waals surface area contributed by atoms with E-state index in [0.29, 0.717) is 12.5 Å². The Balaban J connectivity index is 3.43. The first-order chi connectivity index (χ1) is 5.07. The molecule has 11 heavy (non-hydrogen) atoms. The summed E-state index contributed by atoms with van der Waals surface area (Å²) in [7, 11) is 0. The molecule has 0 aliphatic rings. The van der Waals surface area contributed by atoms with Gasteiger partial charge >= 0.3 is 0 Å². The van der Waals surface area contributed by atoms with Crippen LogP contribution in [0.2, 0.25) is 0 Å². The fourth-order valence-electron chi connectivity index (χ4n) is 0.946. The van der Waals surface area contributed by atoms with Gasteiger partial charge in [-0.05, 0) is 31.2 Å². The highest BCUT2D eigenvalue weighted by atomic mass is 16.3. The monoisotopic (exact) mass is 159 g/mol. The summed E-state index contributed by atoms with van der Waals surface area (Å²) >= 11 is 0. The van der Waals surface area contributed by atoms with Gasteiger partial charge in [-0.3, -0.25) is 0 Å². The molecular formula is C9H21NO. The molecule has 3 N–H and O–H groups in total. The second kappa shape index (κ2) is 5.56. The van der Waals surface area contributed by atoms with Gasteiger partial charge in [0, 0.05) is 0 Å². The van der Waals surface area contributed by atoms with E-state index in [1.807, 2.05) is 6.92 Å². The van der Waals surface area contributed by atoms with E-state index >= 15 is 0 Å². The summed E-state index contributed by atoms with van der Waals surface area (Å²) in [6, 6.07) is 0. The van der Waals surface area contributed by atoms with E-state index in [2.05, 4.69) is 13.8 Å². The molecule has 0 saturated heterocycles. The lowest BCUT2D eigenvalue weighted by molar-refractivity contribution is 0.105. The highest BCUT2D eigenvalue weighted by Crippen LogP contribution is 2.12. The van der Waals surface area contributed by atoms with Crippen LogP contribution < -0.4 is 5.73 Å². The molecule has 0 radical (unpaired) electrons. The Morgan fingerprint density at radius 3 is 2.09 bits per heavy atom.